The van der Waals surface area contributed by atoms with Crippen LogP contribution in [-0.4, -0.2) is 39.5 Å². The van der Waals surface area contributed by atoms with Crippen LogP contribution in [-0.2, 0) is 15.1 Å². The summed E-state index contributed by atoms with van der Waals surface area (Å²) in [6.45, 7) is 6.02. The molecular formula is C14H18N4O2S. The quantitative estimate of drug-likeness (QED) is 0.920. The van der Waals surface area contributed by atoms with Gasteiger partial charge in [0.05, 0.1) is 17.2 Å². The van der Waals surface area contributed by atoms with Gasteiger partial charge in [0.25, 0.3) is 0 Å². The Bertz CT molecular complexity index is 609. The molecule has 1 aromatic rings. The number of carbonyl (C=O) groups excluding carboxylic acids is 2. The van der Waals surface area contributed by atoms with Gasteiger partial charge < -0.3 is 14.8 Å². The molecule has 21 heavy (non-hydrogen) atoms. The molecule has 1 aliphatic rings. The lowest BCUT2D eigenvalue weighted by atomic mass is 10.1. The van der Waals surface area contributed by atoms with Crippen molar-refractivity contribution in [3.63, 3.8) is 0 Å². The van der Waals surface area contributed by atoms with E-state index in [0.29, 0.717) is 23.0 Å². The Hall–Kier alpha value is -1.94. The molecule has 0 spiro atoms. The fourth-order valence-electron chi connectivity index (χ4n) is 2.07. The highest BCUT2D eigenvalue weighted by atomic mass is 32.2. The first kappa shape index (κ1) is 15.4. The number of nitriles is 1. The number of rotatable bonds is 3. The standard InChI is InChI=1S/C14H18N4O2S/c1-14(2,3)18-6-10(5-15)4-11(18)16-12(19)7-17-9-21-8-13(17)20/h4,6H,7-9H2,1-3H3,(H,16,19). The maximum atomic E-state index is 12.1. The lowest BCUT2D eigenvalue weighted by Gasteiger charge is -2.24. The molecule has 0 aliphatic carbocycles. The Morgan fingerprint density at radius 2 is 2.24 bits per heavy atom. The minimum absolute atomic E-state index is 0.0148. The van der Waals surface area contributed by atoms with E-state index in [1.54, 1.807) is 12.3 Å². The predicted molar refractivity (Wildman–Crippen MR) is 81.8 cm³/mol. The monoisotopic (exact) mass is 306 g/mol. The second-order valence-electron chi connectivity index (χ2n) is 5.88. The number of aromatic nitrogens is 1. The molecule has 1 aromatic heterocycles. The Morgan fingerprint density at radius 1 is 1.52 bits per heavy atom. The van der Waals surface area contributed by atoms with Gasteiger partial charge in [-0.3, -0.25) is 9.59 Å². The van der Waals surface area contributed by atoms with Crippen molar-refractivity contribution < 1.29 is 9.59 Å². The molecule has 0 unspecified atom stereocenters. The molecule has 0 radical (unpaired) electrons. The highest BCUT2D eigenvalue weighted by Gasteiger charge is 2.24. The fraction of sp³-hybridized carbons (Fsp3) is 0.500. The van der Waals surface area contributed by atoms with Crippen LogP contribution in [0.4, 0.5) is 5.82 Å². The molecule has 1 saturated heterocycles. The number of carbonyl (C=O) groups is 2. The summed E-state index contributed by atoms with van der Waals surface area (Å²) in [5.74, 6) is 1.29. The number of amides is 2. The molecule has 2 amide bonds. The summed E-state index contributed by atoms with van der Waals surface area (Å²) in [7, 11) is 0. The summed E-state index contributed by atoms with van der Waals surface area (Å²) in [5.41, 5.74) is 0.241. The second kappa shape index (κ2) is 5.82. The molecule has 0 saturated carbocycles. The maximum absolute atomic E-state index is 12.1. The van der Waals surface area contributed by atoms with Crippen molar-refractivity contribution in [2.45, 2.75) is 26.3 Å². The molecular weight excluding hydrogens is 288 g/mol. The van der Waals surface area contributed by atoms with Gasteiger partial charge in [0, 0.05) is 11.7 Å². The predicted octanol–water partition coefficient (Wildman–Crippen LogP) is 1.59. The lowest BCUT2D eigenvalue weighted by Crippen LogP contribution is -2.35. The summed E-state index contributed by atoms with van der Waals surface area (Å²) in [6, 6.07) is 3.72. The number of nitrogens with zero attached hydrogens (tertiary/aromatic N) is 3. The summed E-state index contributed by atoms with van der Waals surface area (Å²) in [5, 5.41) is 11.8. The number of anilines is 1. The van der Waals surface area contributed by atoms with E-state index in [0.717, 1.165) is 0 Å². The maximum Gasteiger partial charge on any atom is 0.245 e. The van der Waals surface area contributed by atoms with Crippen LogP contribution < -0.4 is 5.32 Å². The van der Waals surface area contributed by atoms with Gasteiger partial charge in [0.2, 0.25) is 11.8 Å². The third-order valence-electron chi connectivity index (χ3n) is 3.10. The Morgan fingerprint density at radius 3 is 2.76 bits per heavy atom. The average molecular weight is 306 g/mol. The van der Waals surface area contributed by atoms with Crippen molar-refractivity contribution in [2.24, 2.45) is 0 Å². The van der Waals surface area contributed by atoms with Crippen LogP contribution in [0.25, 0.3) is 0 Å². The normalized spacial score (nSPS) is 15.1. The van der Waals surface area contributed by atoms with Crippen LogP contribution in [0.1, 0.15) is 26.3 Å². The van der Waals surface area contributed by atoms with Crippen molar-refractivity contribution in [1.82, 2.24) is 9.47 Å². The molecule has 7 heteroatoms. The van der Waals surface area contributed by atoms with Gasteiger partial charge in [-0.25, -0.2) is 0 Å². The summed E-state index contributed by atoms with van der Waals surface area (Å²) >= 11 is 1.50. The van der Waals surface area contributed by atoms with Crippen molar-refractivity contribution in [2.75, 3.05) is 23.5 Å². The highest BCUT2D eigenvalue weighted by molar-refractivity contribution is 8.00. The smallest absolute Gasteiger partial charge is 0.245 e. The molecule has 1 aliphatic heterocycles. The first-order chi connectivity index (χ1) is 9.81. The SMILES string of the molecule is CC(C)(C)n1cc(C#N)cc1NC(=O)CN1CSCC1=O. The van der Waals surface area contributed by atoms with Crippen LogP contribution in [0.2, 0.25) is 0 Å². The van der Waals surface area contributed by atoms with Crippen molar-refractivity contribution in [1.29, 1.82) is 5.26 Å². The summed E-state index contributed by atoms with van der Waals surface area (Å²) < 4.78 is 1.85. The van der Waals surface area contributed by atoms with Crippen molar-refractivity contribution >= 4 is 29.4 Å². The number of thioether (sulfide) groups is 1. The zero-order valence-corrected chi connectivity index (χ0v) is 13.2. The van der Waals surface area contributed by atoms with Crippen LogP contribution >= 0.6 is 11.8 Å². The van der Waals surface area contributed by atoms with Gasteiger partial charge in [0.1, 0.15) is 18.4 Å². The van der Waals surface area contributed by atoms with Gasteiger partial charge in [-0.1, -0.05) is 0 Å². The molecule has 1 fully saturated rings. The topological polar surface area (TPSA) is 78.1 Å². The minimum atomic E-state index is -0.253. The van der Waals surface area contributed by atoms with Crippen molar-refractivity contribution in [3.8, 4) is 6.07 Å². The lowest BCUT2D eigenvalue weighted by molar-refractivity contribution is -0.130. The van der Waals surface area contributed by atoms with Crippen LogP contribution in [0.15, 0.2) is 12.3 Å². The summed E-state index contributed by atoms with van der Waals surface area (Å²) in [6.07, 6.45) is 1.71. The minimum Gasteiger partial charge on any atom is -0.328 e. The van der Waals surface area contributed by atoms with E-state index in [-0.39, 0.29) is 23.9 Å². The Kier molecular flexibility index (Phi) is 4.28. The van der Waals surface area contributed by atoms with E-state index < -0.39 is 0 Å². The summed E-state index contributed by atoms with van der Waals surface area (Å²) in [4.78, 5) is 25.1. The van der Waals surface area contributed by atoms with E-state index in [1.807, 2.05) is 25.3 Å². The van der Waals surface area contributed by atoms with Gasteiger partial charge in [0.15, 0.2) is 0 Å². The first-order valence-electron chi connectivity index (χ1n) is 6.59. The number of hydrogen-bond donors (Lipinski definition) is 1. The van der Waals surface area contributed by atoms with E-state index >= 15 is 0 Å². The molecule has 0 bridgehead atoms. The first-order valence-corrected chi connectivity index (χ1v) is 7.75. The second-order valence-corrected chi connectivity index (χ2v) is 6.84. The Labute approximate surface area is 128 Å². The van der Waals surface area contributed by atoms with Gasteiger partial charge >= 0.3 is 0 Å². The molecule has 112 valence electrons. The molecule has 1 N–H and O–H groups in total. The largest absolute Gasteiger partial charge is 0.328 e. The van der Waals surface area contributed by atoms with Crippen LogP contribution in [0.3, 0.4) is 0 Å². The zero-order chi connectivity index (χ0) is 15.6. The number of nitrogens with one attached hydrogen (secondary N) is 1. The van der Waals surface area contributed by atoms with Crippen LogP contribution in [0, 0.1) is 11.3 Å². The van der Waals surface area contributed by atoms with Crippen LogP contribution in [0.5, 0.6) is 0 Å². The van der Waals surface area contributed by atoms with Gasteiger partial charge in [-0.15, -0.1) is 11.8 Å². The molecule has 6 nitrogen and oxygen atoms in total. The highest BCUT2D eigenvalue weighted by Crippen LogP contribution is 2.24. The van der Waals surface area contributed by atoms with E-state index in [1.165, 1.54) is 16.7 Å². The number of hydrogen-bond acceptors (Lipinski definition) is 4. The fourth-order valence-corrected chi connectivity index (χ4v) is 2.98. The molecule has 2 heterocycles. The van der Waals surface area contributed by atoms with E-state index in [2.05, 4.69) is 11.4 Å². The van der Waals surface area contributed by atoms with E-state index in [9.17, 15) is 9.59 Å². The zero-order valence-electron chi connectivity index (χ0n) is 12.3. The van der Waals surface area contributed by atoms with Gasteiger partial charge in [-0.2, -0.15) is 5.26 Å². The average Bonchev–Trinajstić information content (AvgIpc) is 2.96. The molecule has 0 aromatic carbocycles. The Balaban J connectivity index is 2.12. The molecule has 0 atom stereocenters. The third kappa shape index (κ3) is 3.58. The third-order valence-corrected chi connectivity index (χ3v) is 4.04. The molecule has 2 rings (SSSR count). The van der Waals surface area contributed by atoms with E-state index in [4.69, 9.17) is 5.26 Å². The van der Waals surface area contributed by atoms with Crippen molar-refractivity contribution in [3.05, 3.63) is 17.8 Å². The van der Waals surface area contributed by atoms with Gasteiger partial charge in [-0.05, 0) is 26.8 Å².